The van der Waals surface area contributed by atoms with Crippen molar-refractivity contribution in [2.24, 2.45) is 5.41 Å². The van der Waals surface area contributed by atoms with Gasteiger partial charge in [-0.05, 0) is 12.8 Å². The van der Waals surface area contributed by atoms with Gasteiger partial charge < -0.3 is 10.1 Å². The van der Waals surface area contributed by atoms with Crippen LogP contribution in [0.5, 0.6) is 0 Å². The van der Waals surface area contributed by atoms with Crippen LogP contribution in [0, 0.1) is 5.41 Å². The Labute approximate surface area is 61.9 Å². The van der Waals surface area contributed by atoms with Gasteiger partial charge in [0, 0.05) is 25.6 Å². The predicted octanol–water partition coefficient (Wildman–Crippen LogP) is 0.775. The van der Waals surface area contributed by atoms with Crippen LogP contribution in [0.15, 0.2) is 0 Å². The minimum Gasteiger partial charge on any atom is -0.380 e. The molecule has 1 spiro atoms. The molecule has 0 bridgehead atoms. The minimum absolute atomic E-state index is 0.501. The SMILES string of the molecule is COC1CNCC12CCC2. The molecule has 1 unspecified atom stereocenters. The zero-order valence-electron chi connectivity index (χ0n) is 6.52. The van der Waals surface area contributed by atoms with Gasteiger partial charge in [-0.15, -0.1) is 0 Å². The molecule has 1 saturated heterocycles. The fourth-order valence-electron chi connectivity index (χ4n) is 2.25. The third-order valence-electron chi connectivity index (χ3n) is 3.12. The van der Waals surface area contributed by atoms with Crippen molar-refractivity contribution in [1.82, 2.24) is 5.32 Å². The van der Waals surface area contributed by atoms with Crippen molar-refractivity contribution in [2.45, 2.75) is 25.4 Å². The van der Waals surface area contributed by atoms with Crippen LogP contribution in [-0.4, -0.2) is 26.3 Å². The molecule has 0 radical (unpaired) electrons. The number of ether oxygens (including phenoxy) is 1. The molecular formula is C8H15NO. The Kier molecular flexibility index (Phi) is 1.46. The molecule has 10 heavy (non-hydrogen) atoms. The zero-order valence-corrected chi connectivity index (χ0v) is 6.52. The van der Waals surface area contributed by atoms with Crippen LogP contribution in [0.4, 0.5) is 0 Å². The van der Waals surface area contributed by atoms with Gasteiger partial charge in [0.2, 0.25) is 0 Å². The van der Waals surface area contributed by atoms with Crippen molar-refractivity contribution < 1.29 is 4.74 Å². The molecule has 0 aromatic rings. The smallest absolute Gasteiger partial charge is 0.0763 e. The Bertz CT molecular complexity index is 131. The largest absolute Gasteiger partial charge is 0.380 e. The topological polar surface area (TPSA) is 21.3 Å². The Hall–Kier alpha value is -0.0800. The lowest BCUT2D eigenvalue weighted by Gasteiger charge is -2.41. The first kappa shape index (κ1) is 6.62. The molecule has 1 aliphatic carbocycles. The molecule has 1 atom stereocenters. The van der Waals surface area contributed by atoms with Gasteiger partial charge in [-0.25, -0.2) is 0 Å². The Morgan fingerprint density at radius 1 is 1.50 bits per heavy atom. The van der Waals surface area contributed by atoms with Gasteiger partial charge in [-0.1, -0.05) is 6.42 Å². The Morgan fingerprint density at radius 2 is 2.30 bits per heavy atom. The summed E-state index contributed by atoms with van der Waals surface area (Å²) in [6.07, 6.45) is 4.65. The summed E-state index contributed by atoms with van der Waals surface area (Å²) in [6, 6.07) is 0. The molecule has 2 fully saturated rings. The van der Waals surface area contributed by atoms with E-state index < -0.39 is 0 Å². The van der Waals surface area contributed by atoms with Gasteiger partial charge in [-0.2, -0.15) is 0 Å². The molecule has 2 heteroatoms. The Morgan fingerprint density at radius 3 is 2.70 bits per heavy atom. The normalized spacial score (nSPS) is 36.3. The highest BCUT2D eigenvalue weighted by atomic mass is 16.5. The molecule has 0 aromatic carbocycles. The summed E-state index contributed by atoms with van der Waals surface area (Å²) in [5, 5.41) is 3.39. The van der Waals surface area contributed by atoms with Crippen LogP contribution in [0.2, 0.25) is 0 Å². The zero-order chi connectivity index (χ0) is 7.03. The number of rotatable bonds is 1. The number of hydrogen-bond acceptors (Lipinski definition) is 2. The van der Waals surface area contributed by atoms with Gasteiger partial charge in [0.1, 0.15) is 0 Å². The number of hydrogen-bond donors (Lipinski definition) is 1. The third kappa shape index (κ3) is 0.722. The predicted molar refractivity (Wildman–Crippen MR) is 40.0 cm³/mol. The van der Waals surface area contributed by atoms with Crippen LogP contribution < -0.4 is 5.32 Å². The van der Waals surface area contributed by atoms with Gasteiger partial charge in [0.15, 0.2) is 0 Å². The van der Waals surface area contributed by atoms with Crippen molar-refractivity contribution in [3.05, 3.63) is 0 Å². The van der Waals surface area contributed by atoms with Crippen molar-refractivity contribution in [3.63, 3.8) is 0 Å². The molecule has 1 saturated carbocycles. The van der Waals surface area contributed by atoms with Crippen LogP contribution in [0.1, 0.15) is 19.3 Å². The first-order valence-corrected chi connectivity index (χ1v) is 4.11. The molecule has 2 aliphatic rings. The van der Waals surface area contributed by atoms with E-state index in [0.29, 0.717) is 11.5 Å². The molecule has 2 rings (SSSR count). The molecule has 0 aromatic heterocycles. The fraction of sp³-hybridized carbons (Fsp3) is 1.00. The van der Waals surface area contributed by atoms with E-state index in [1.165, 1.54) is 25.8 Å². The van der Waals surface area contributed by atoms with Crippen LogP contribution in [0.25, 0.3) is 0 Å². The summed E-state index contributed by atoms with van der Waals surface area (Å²) in [5.74, 6) is 0. The molecular weight excluding hydrogens is 126 g/mol. The maximum Gasteiger partial charge on any atom is 0.0763 e. The van der Waals surface area contributed by atoms with Crippen molar-refractivity contribution in [1.29, 1.82) is 0 Å². The van der Waals surface area contributed by atoms with E-state index in [1.54, 1.807) is 0 Å². The average Bonchev–Trinajstić information content (AvgIpc) is 2.27. The molecule has 1 N–H and O–H groups in total. The molecule has 58 valence electrons. The second kappa shape index (κ2) is 2.21. The number of nitrogens with one attached hydrogen (secondary N) is 1. The van der Waals surface area contributed by atoms with Gasteiger partial charge >= 0.3 is 0 Å². The van der Waals surface area contributed by atoms with E-state index in [-0.39, 0.29) is 0 Å². The van der Waals surface area contributed by atoms with E-state index in [9.17, 15) is 0 Å². The standard InChI is InChI=1S/C8H15NO/c1-10-7-5-9-6-8(7)3-2-4-8/h7,9H,2-6H2,1H3. The maximum absolute atomic E-state index is 5.41. The quantitative estimate of drug-likeness (QED) is 0.582. The fourth-order valence-corrected chi connectivity index (χ4v) is 2.25. The second-order valence-corrected chi connectivity index (χ2v) is 3.57. The minimum atomic E-state index is 0.501. The lowest BCUT2D eigenvalue weighted by molar-refractivity contribution is -0.0228. The average molecular weight is 141 g/mol. The van der Waals surface area contributed by atoms with E-state index in [2.05, 4.69) is 5.32 Å². The molecule has 0 amide bonds. The summed E-state index contributed by atoms with van der Waals surface area (Å²) in [6.45, 7) is 2.25. The summed E-state index contributed by atoms with van der Waals surface area (Å²) in [4.78, 5) is 0. The second-order valence-electron chi connectivity index (χ2n) is 3.57. The van der Waals surface area contributed by atoms with Crippen molar-refractivity contribution in [3.8, 4) is 0 Å². The summed E-state index contributed by atoms with van der Waals surface area (Å²) >= 11 is 0. The first-order chi connectivity index (χ1) is 4.87. The highest BCUT2D eigenvalue weighted by Crippen LogP contribution is 2.46. The molecule has 1 heterocycles. The summed E-state index contributed by atoms with van der Waals surface area (Å²) in [7, 11) is 1.83. The van der Waals surface area contributed by atoms with Gasteiger partial charge in [0.05, 0.1) is 6.10 Å². The lowest BCUT2D eigenvalue weighted by Crippen LogP contribution is -2.41. The van der Waals surface area contributed by atoms with Gasteiger partial charge in [-0.3, -0.25) is 0 Å². The van der Waals surface area contributed by atoms with E-state index >= 15 is 0 Å². The van der Waals surface area contributed by atoms with Crippen LogP contribution >= 0.6 is 0 Å². The van der Waals surface area contributed by atoms with E-state index in [0.717, 1.165) is 6.54 Å². The summed E-state index contributed by atoms with van der Waals surface area (Å²) < 4.78 is 5.41. The van der Waals surface area contributed by atoms with Crippen molar-refractivity contribution >= 4 is 0 Å². The van der Waals surface area contributed by atoms with E-state index in [1.807, 2.05) is 7.11 Å². The third-order valence-corrected chi connectivity index (χ3v) is 3.12. The maximum atomic E-state index is 5.41. The lowest BCUT2D eigenvalue weighted by atomic mass is 9.67. The highest BCUT2D eigenvalue weighted by Gasteiger charge is 2.47. The van der Waals surface area contributed by atoms with Crippen LogP contribution in [-0.2, 0) is 4.74 Å². The first-order valence-electron chi connectivity index (χ1n) is 4.11. The van der Waals surface area contributed by atoms with E-state index in [4.69, 9.17) is 4.74 Å². The van der Waals surface area contributed by atoms with Gasteiger partial charge in [0.25, 0.3) is 0 Å². The molecule has 1 aliphatic heterocycles. The summed E-state index contributed by atoms with van der Waals surface area (Å²) in [5.41, 5.74) is 0.550. The monoisotopic (exact) mass is 141 g/mol. The molecule has 2 nitrogen and oxygen atoms in total. The van der Waals surface area contributed by atoms with Crippen LogP contribution in [0.3, 0.4) is 0 Å². The number of methoxy groups -OCH3 is 1. The Balaban J connectivity index is 2.05. The highest BCUT2D eigenvalue weighted by molar-refractivity contribution is 5.01. The van der Waals surface area contributed by atoms with Crippen molar-refractivity contribution in [2.75, 3.05) is 20.2 Å².